The number of methoxy groups -OCH3 is 1. The first kappa shape index (κ1) is 23.1. The Labute approximate surface area is 184 Å². The summed E-state index contributed by atoms with van der Waals surface area (Å²) >= 11 is 0. The van der Waals surface area contributed by atoms with E-state index in [0.717, 1.165) is 22.7 Å². The third-order valence-electron chi connectivity index (χ3n) is 5.83. The van der Waals surface area contributed by atoms with Crippen LogP contribution in [-0.2, 0) is 14.8 Å². The Hall–Kier alpha value is -2.58. The molecule has 1 aliphatic rings. The summed E-state index contributed by atoms with van der Waals surface area (Å²) in [6, 6.07) is 12.8. The van der Waals surface area contributed by atoms with Gasteiger partial charge in [-0.05, 0) is 56.2 Å². The van der Waals surface area contributed by atoms with Crippen molar-refractivity contribution in [3.63, 3.8) is 0 Å². The maximum absolute atomic E-state index is 13.5. The van der Waals surface area contributed by atoms with E-state index in [2.05, 4.69) is 0 Å². The van der Waals surface area contributed by atoms with E-state index in [9.17, 15) is 18.3 Å². The number of benzene rings is 2. The summed E-state index contributed by atoms with van der Waals surface area (Å²) in [5.74, 6) is 0.187. The van der Waals surface area contributed by atoms with Crippen LogP contribution in [0.15, 0.2) is 53.4 Å². The first-order valence-corrected chi connectivity index (χ1v) is 11.8. The van der Waals surface area contributed by atoms with Gasteiger partial charge in [0.1, 0.15) is 12.3 Å². The maximum atomic E-state index is 13.5. The molecule has 2 unspecified atom stereocenters. The Morgan fingerprint density at radius 3 is 2.26 bits per heavy atom. The topological polar surface area (TPSA) is 87.2 Å². The van der Waals surface area contributed by atoms with Crippen molar-refractivity contribution in [3.05, 3.63) is 54.1 Å². The van der Waals surface area contributed by atoms with E-state index >= 15 is 0 Å². The van der Waals surface area contributed by atoms with Crippen molar-refractivity contribution < 1.29 is 23.1 Å². The summed E-state index contributed by atoms with van der Waals surface area (Å²) in [5.41, 5.74) is 1.40. The standard InChI is InChI=1S/C23H30N2O5S/c1-17-8-10-18(11-9-17)25(31(28,29)20-14-12-19(30-3)13-15-20)16-23(27)24(2)21-6-4-5-7-22(21)26/h8-15,21-22,26H,4-7,16H2,1-3H3. The number of aliphatic hydroxyl groups excluding tert-OH is 1. The highest BCUT2D eigenvalue weighted by molar-refractivity contribution is 7.92. The molecule has 3 rings (SSSR count). The van der Waals surface area contributed by atoms with Crippen molar-refractivity contribution >= 4 is 21.6 Å². The molecule has 8 heteroatoms. The summed E-state index contributed by atoms with van der Waals surface area (Å²) in [7, 11) is -0.853. The molecule has 31 heavy (non-hydrogen) atoms. The quantitative estimate of drug-likeness (QED) is 0.707. The summed E-state index contributed by atoms with van der Waals surface area (Å²) in [6.07, 6.45) is 2.63. The number of hydrogen-bond acceptors (Lipinski definition) is 5. The molecule has 0 aromatic heterocycles. The van der Waals surface area contributed by atoms with Gasteiger partial charge in [-0.3, -0.25) is 9.10 Å². The second-order valence-corrected chi connectivity index (χ2v) is 9.81. The van der Waals surface area contributed by atoms with Gasteiger partial charge in [-0.2, -0.15) is 0 Å². The van der Waals surface area contributed by atoms with Crippen LogP contribution in [0.25, 0.3) is 0 Å². The number of hydrogen-bond donors (Lipinski definition) is 1. The van der Waals surface area contributed by atoms with Crippen LogP contribution < -0.4 is 9.04 Å². The smallest absolute Gasteiger partial charge is 0.264 e. The van der Waals surface area contributed by atoms with E-state index in [-0.39, 0.29) is 23.4 Å². The number of likely N-dealkylation sites (N-methyl/N-ethyl adjacent to an activating group) is 1. The van der Waals surface area contributed by atoms with E-state index in [1.165, 1.54) is 24.1 Å². The zero-order valence-corrected chi connectivity index (χ0v) is 19.0. The van der Waals surface area contributed by atoms with E-state index < -0.39 is 16.1 Å². The molecule has 0 spiro atoms. The monoisotopic (exact) mass is 446 g/mol. The first-order valence-electron chi connectivity index (χ1n) is 10.4. The molecule has 0 saturated heterocycles. The van der Waals surface area contributed by atoms with Crippen molar-refractivity contribution in [1.29, 1.82) is 0 Å². The normalized spacial score (nSPS) is 19.0. The summed E-state index contributed by atoms with van der Waals surface area (Å²) in [5, 5.41) is 10.3. The van der Waals surface area contributed by atoms with Crippen LogP contribution in [0.4, 0.5) is 5.69 Å². The van der Waals surface area contributed by atoms with Gasteiger partial charge < -0.3 is 14.7 Å². The first-order chi connectivity index (χ1) is 14.7. The van der Waals surface area contributed by atoms with Crippen molar-refractivity contribution in [3.8, 4) is 5.75 Å². The minimum atomic E-state index is -4.00. The fraction of sp³-hybridized carbons (Fsp3) is 0.435. The van der Waals surface area contributed by atoms with E-state index in [0.29, 0.717) is 24.3 Å². The van der Waals surface area contributed by atoms with Gasteiger partial charge >= 0.3 is 0 Å². The van der Waals surface area contributed by atoms with E-state index in [1.54, 1.807) is 31.3 Å². The van der Waals surface area contributed by atoms with Gasteiger partial charge in [-0.1, -0.05) is 30.5 Å². The third-order valence-corrected chi connectivity index (χ3v) is 7.62. The minimum Gasteiger partial charge on any atom is -0.497 e. The van der Waals surface area contributed by atoms with Crippen LogP contribution in [0.5, 0.6) is 5.75 Å². The van der Waals surface area contributed by atoms with Crippen LogP contribution in [0, 0.1) is 6.92 Å². The Bertz CT molecular complexity index is 990. The average molecular weight is 447 g/mol. The number of ether oxygens (including phenoxy) is 1. The highest BCUT2D eigenvalue weighted by Crippen LogP contribution is 2.27. The molecule has 1 aliphatic carbocycles. The fourth-order valence-electron chi connectivity index (χ4n) is 3.86. The lowest BCUT2D eigenvalue weighted by Crippen LogP contribution is -2.50. The number of carbonyl (C=O) groups excluding carboxylic acids is 1. The molecule has 2 aromatic carbocycles. The zero-order valence-electron chi connectivity index (χ0n) is 18.2. The molecular formula is C23H30N2O5S. The molecule has 2 atom stereocenters. The fourth-order valence-corrected chi connectivity index (χ4v) is 5.28. The summed E-state index contributed by atoms with van der Waals surface area (Å²) in [4.78, 5) is 14.7. The van der Waals surface area contributed by atoms with E-state index in [4.69, 9.17) is 4.74 Å². The molecule has 168 valence electrons. The molecule has 1 saturated carbocycles. The lowest BCUT2D eigenvalue weighted by molar-refractivity contribution is -0.133. The molecule has 1 amide bonds. The molecule has 7 nitrogen and oxygen atoms in total. The number of sulfonamides is 1. The van der Waals surface area contributed by atoms with Gasteiger partial charge in [0.25, 0.3) is 10.0 Å². The lowest BCUT2D eigenvalue weighted by Gasteiger charge is -2.36. The van der Waals surface area contributed by atoms with Gasteiger partial charge in [-0.15, -0.1) is 0 Å². The molecule has 1 N–H and O–H groups in total. The number of amides is 1. The number of carbonyl (C=O) groups is 1. The molecule has 2 aromatic rings. The molecule has 0 radical (unpaired) electrons. The molecule has 0 aliphatic heterocycles. The molecule has 1 fully saturated rings. The summed E-state index contributed by atoms with van der Waals surface area (Å²) < 4.78 is 33.2. The Balaban J connectivity index is 1.92. The number of aryl methyl sites for hydroxylation is 1. The van der Waals surface area contributed by atoms with Gasteiger partial charge in [0.15, 0.2) is 0 Å². The van der Waals surface area contributed by atoms with Crippen LogP contribution >= 0.6 is 0 Å². The van der Waals surface area contributed by atoms with E-state index in [1.807, 2.05) is 19.1 Å². The molecule has 0 heterocycles. The van der Waals surface area contributed by atoms with Crippen molar-refractivity contribution in [1.82, 2.24) is 4.90 Å². The van der Waals surface area contributed by atoms with Crippen molar-refractivity contribution in [2.75, 3.05) is 25.0 Å². The Morgan fingerprint density at radius 2 is 1.68 bits per heavy atom. The number of aliphatic hydroxyl groups is 1. The SMILES string of the molecule is COc1ccc(S(=O)(=O)N(CC(=O)N(C)C2CCCCC2O)c2ccc(C)cc2)cc1. The Kier molecular flexibility index (Phi) is 7.23. The zero-order chi connectivity index (χ0) is 22.6. The predicted molar refractivity (Wildman–Crippen MR) is 120 cm³/mol. The average Bonchev–Trinajstić information content (AvgIpc) is 2.78. The van der Waals surface area contributed by atoms with Gasteiger partial charge in [0.2, 0.25) is 5.91 Å². The van der Waals surface area contributed by atoms with Crippen molar-refractivity contribution in [2.24, 2.45) is 0 Å². The second kappa shape index (κ2) is 9.70. The third kappa shape index (κ3) is 5.19. The summed E-state index contributed by atoms with van der Waals surface area (Å²) in [6.45, 7) is 1.56. The van der Waals surface area contributed by atoms with Gasteiger partial charge in [-0.25, -0.2) is 8.42 Å². The minimum absolute atomic E-state index is 0.0713. The van der Waals surface area contributed by atoms with Gasteiger partial charge in [0, 0.05) is 7.05 Å². The maximum Gasteiger partial charge on any atom is 0.264 e. The van der Waals surface area contributed by atoms with Gasteiger partial charge in [0.05, 0.1) is 29.8 Å². The second-order valence-electron chi connectivity index (χ2n) is 7.95. The van der Waals surface area contributed by atoms with Crippen molar-refractivity contribution in [2.45, 2.75) is 49.6 Å². The molecule has 0 bridgehead atoms. The van der Waals surface area contributed by atoms with Crippen LogP contribution in [0.1, 0.15) is 31.2 Å². The van der Waals surface area contributed by atoms with Crippen LogP contribution in [0.3, 0.4) is 0 Å². The lowest BCUT2D eigenvalue weighted by atomic mass is 9.91. The molecular weight excluding hydrogens is 416 g/mol. The number of nitrogens with zero attached hydrogens (tertiary/aromatic N) is 2. The number of anilines is 1. The van der Waals surface area contributed by atoms with Crippen LogP contribution in [-0.4, -0.2) is 57.2 Å². The highest BCUT2D eigenvalue weighted by Gasteiger charge is 2.33. The Morgan fingerprint density at radius 1 is 1.06 bits per heavy atom. The largest absolute Gasteiger partial charge is 0.497 e. The number of rotatable bonds is 7. The predicted octanol–water partition coefficient (Wildman–Crippen LogP) is 2.96. The van der Waals surface area contributed by atoms with Crippen LogP contribution in [0.2, 0.25) is 0 Å². The highest BCUT2D eigenvalue weighted by atomic mass is 32.2.